The molecule has 0 fully saturated rings. The van der Waals surface area contributed by atoms with Crippen LogP contribution in [0.5, 0.6) is 0 Å². The van der Waals surface area contributed by atoms with Gasteiger partial charge in [-0.15, -0.1) is 10.2 Å². The van der Waals surface area contributed by atoms with Gasteiger partial charge in [-0.3, -0.25) is 0 Å². The lowest BCUT2D eigenvalue weighted by molar-refractivity contribution is -0.137. The molecule has 0 atom stereocenters. The molecule has 15 heavy (non-hydrogen) atoms. The van der Waals surface area contributed by atoms with E-state index in [-0.39, 0.29) is 5.97 Å². The molecule has 82 valence electrons. The number of nitrogens with one attached hydrogen (secondary N) is 1. The lowest BCUT2D eigenvalue weighted by Crippen LogP contribution is -2.04. The Morgan fingerprint density at radius 2 is 2.33 bits per heavy atom. The number of rotatable bonds is 4. The minimum atomic E-state index is -0.358. The molecule has 0 radical (unpaired) electrons. The quantitative estimate of drug-likeness (QED) is 0.627. The maximum Gasteiger partial charge on any atom is 0.332 e. The fourth-order valence-electron chi connectivity index (χ4n) is 0.913. The van der Waals surface area contributed by atoms with E-state index in [1.54, 1.807) is 13.8 Å². The molecule has 6 heteroatoms. The van der Waals surface area contributed by atoms with Gasteiger partial charge in [-0.25, -0.2) is 4.79 Å². The Labute approximate surface area is 92.2 Å². The van der Waals surface area contributed by atoms with Gasteiger partial charge in [0.05, 0.1) is 6.61 Å². The summed E-state index contributed by atoms with van der Waals surface area (Å²) in [6.07, 6.45) is 1.39. The van der Waals surface area contributed by atoms with Crippen molar-refractivity contribution in [1.82, 2.24) is 10.2 Å². The van der Waals surface area contributed by atoms with Crippen LogP contribution in [0, 0.1) is 6.92 Å². The summed E-state index contributed by atoms with van der Waals surface area (Å²) < 4.78 is 4.77. The fraction of sp³-hybridized carbons (Fsp3) is 0.444. The number of aryl methyl sites for hydroxylation is 1. The molecule has 1 N–H and O–H groups in total. The average Bonchev–Trinajstić information content (AvgIpc) is 2.51. The summed E-state index contributed by atoms with van der Waals surface area (Å²) in [4.78, 5) is 11.1. The largest absolute Gasteiger partial charge is 0.463 e. The molecule has 0 unspecified atom stereocenters. The van der Waals surface area contributed by atoms with Gasteiger partial charge in [0.15, 0.2) is 0 Å². The van der Waals surface area contributed by atoms with E-state index in [4.69, 9.17) is 4.74 Å². The summed E-state index contributed by atoms with van der Waals surface area (Å²) >= 11 is 1.43. The molecule has 0 saturated heterocycles. The molecule has 0 saturated carbocycles. The number of hydrogen-bond acceptors (Lipinski definition) is 6. The van der Waals surface area contributed by atoms with Gasteiger partial charge in [0.1, 0.15) is 5.01 Å². The van der Waals surface area contributed by atoms with Crippen LogP contribution in [0.25, 0.3) is 0 Å². The molecular weight excluding hydrogens is 214 g/mol. The van der Waals surface area contributed by atoms with Crippen molar-refractivity contribution >= 4 is 22.4 Å². The van der Waals surface area contributed by atoms with Crippen molar-refractivity contribution in [3.8, 4) is 0 Å². The van der Waals surface area contributed by atoms with Crippen molar-refractivity contribution in [2.45, 2.75) is 20.8 Å². The number of carbonyl (C=O) groups excluding carboxylic acids is 1. The van der Waals surface area contributed by atoms with Gasteiger partial charge >= 0.3 is 5.97 Å². The van der Waals surface area contributed by atoms with Crippen LogP contribution in [-0.2, 0) is 9.53 Å². The molecule has 5 nitrogen and oxygen atoms in total. The van der Waals surface area contributed by atoms with Crippen molar-refractivity contribution in [2.24, 2.45) is 0 Å². The van der Waals surface area contributed by atoms with Crippen molar-refractivity contribution in [1.29, 1.82) is 0 Å². The van der Waals surface area contributed by atoms with Gasteiger partial charge in [-0.05, 0) is 20.8 Å². The molecule has 0 amide bonds. The molecule has 1 aromatic heterocycles. The Morgan fingerprint density at radius 3 is 2.87 bits per heavy atom. The maximum atomic E-state index is 11.1. The van der Waals surface area contributed by atoms with E-state index in [1.165, 1.54) is 17.4 Å². The van der Waals surface area contributed by atoms with Crippen LogP contribution in [0.3, 0.4) is 0 Å². The van der Waals surface area contributed by atoms with Gasteiger partial charge < -0.3 is 10.1 Å². The van der Waals surface area contributed by atoms with Crippen LogP contribution in [0.4, 0.5) is 5.13 Å². The first-order valence-corrected chi connectivity index (χ1v) is 5.35. The summed E-state index contributed by atoms with van der Waals surface area (Å²) in [5.41, 5.74) is 0.685. The lowest BCUT2D eigenvalue weighted by Gasteiger charge is -2.01. The summed E-state index contributed by atoms with van der Waals surface area (Å²) in [5.74, 6) is -0.358. The first-order valence-electron chi connectivity index (χ1n) is 4.54. The van der Waals surface area contributed by atoms with Gasteiger partial charge in [-0.1, -0.05) is 11.3 Å². The molecule has 1 heterocycles. The van der Waals surface area contributed by atoms with Crippen LogP contribution >= 0.6 is 11.3 Å². The minimum Gasteiger partial charge on any atom is -0.463 e. The number of hydrogen-bond donors (Lipinski definition) is 1. The number of allylic oxidation sites excluding steroid dienone is 1. The number of aromatic nitrogens is 2. The van der Waals surface area contributed by atoms with Gasteiger partial charge in [0, 0.05) is 11.8 Å². The first kappa shape index (κ1) is 11.6. The predicted octanol–water partition coefficient (Wildman–Crippen LogP) is 1.73. The predicted molar refractivity (Wildman–Crippen MR) is 58.7 cm³/mol. The third-order valence-electron chi connectivity index (χ3n) is 1.45. The van der Waals surface area contributed by atoms with E-state index < -0.39 is 0 Å². The van der Waals surface area contributed by atoms with Gasteiger partial charge in [0.25, 0.3) is 0 Å². The topological polar surface area (TPSA) is 64.1 Å². The average molecular weight is 227 g/mol. The van der Waals surface area contributed by atoms with Crippen molar-refractivity contribution in [2.75, 3.05) is 11.9 Å². The van der Waals surface area contributed by atoms with Crippen molar-refractivity contribution < 1.29 is 9.53 Å². The fourth-order valence-corrected chi connectivity index (χ4v) is 1.57. The van der Waals surface area contributed by atoms with Crippen LogP contribution in [0.1, 0.15) is 18.9 Å². The van der Waals surface area contributed by atoms with E-state index in [0.29, 0.717) is 17.4 Å². The summed E-state index contributed by atoms with van der Waals surface area (Å²) in [7, 11) is 0. The van der Waals surface area contributed by atoms with E-state index >= 15 is 0 Å². The van der Waals surface area contributed by atoms with E-state index in [0.717, 1.165) is 5.01 Å². The first-order chi connectivity index (χ1) is 7.11. The summed E-state index contributed by atoms with van der Waals surface area (Å²) in [5, 5.41) is 12.2. The summed E-state index contributed by atoms with van der Waals surface area (Å²) in [6, 6.07) is 0. The molecular formula is C9H13N3O2S. The Kier molecular flexibility index (Phi) is 4.23. The van der Waals surface area contributed by atoms with Gasteiger partial charge in [-0.2, -0.15) is 0 Å². The zero-order valence-corrected chi connectivity index (χ0v) is 9.72. The van der Waals surface area contributed by atoms with Crippen LogP contribution < -0.4 is 5.32 Å². The second kappa shape index (κ2) is 5.45. The van der Waals surface area contributed by atoms with E-state index in [1.807, 2.05) is 6.92 Å². The molecule has 0 bridgehead atoms. The number of esters is 1. The molecule has 0 aromatic carbocycles. The molecule has 1 rings (SSSR count). The van der Waals surface area contributed by atoms with Crippen molar-refractivity contribution in [3.63, 3.8) is 0 Å². The highest BCUT2D eigenvalue weighted by Crippen LogP contribution is 2.15. The van der Waals surface area contributed by atoms with Crippen molar-refractivity contribution in [3.05, 3.63) is 16.8 Å². The maximum absolute atomic E-state index is 11.1. The normalized spacial score (nSPS) is 11.3. The monoisotopic (exact) mass is 227 g/mol. The second-order valence-electron chi connectivity index (χ2n) is 2.83. The minimum absolute atomic E-state index is 0.358. The molecule has 0 aliphatic heterocycles. The number of nitrogens with zero attached hydrogens (tertiary/aromatic N) is 2. The van der Waals surface area contributed by atoms with Crippen LogP contribution in [0.2, 0.25) is 0 Å². The zero-order chi connectivity index (χ0) is 11.3. The highest BCUT2D eigenvalue weighted by molar-refractivity contribution is 7.15. The standard InChI is InChI=1S/C9H13N3O2S/c1-4-14-8(13)5-6(2)10-9-12-11-7(3)15-9/h5H,4H2,1-3H3,(H,10,12)/b6-5+. The molecule has 0 aliphatic rings. The Hall–Kier alpha value is -1.43. The van der Waals surface area contributed by atoms with Crippen LogP contribution in [0.15, 0.2) is 11.8 Å². The Morgan fingerprint density at radius 1 is 1.60 bits per heavy atom. The zero-order valence-electron chi connectivity index (χ0n) is 8.90. The third kappa shape index (κ3) is 4.07. The van der Waals surface area contributed by atoms with Gasteiger partial charge in [0.2, 0.25) is 5.13 Å². The number of anilines is 1. The van der Waals surface area contributed by atoms with E-state index in [2.05, 4.69) is 15.5 Å². The lowest BCUT2D eigenvalue weighted by atomic mass is 10.4. The smallest absolute Gasteiger partial charge is 0.332 e. The van der Waals surface area contributed by atoms with Crippen LogP contribution in [-0.4, -0.2) is 22.8 Å². The highest BCUT2D eigenvalue weighted by Gasteiger charge is 2.02. The molecule has 0 spiro atoms. The molecule has 1 aromatic rings. The number of carbonyl (C=O) groups is 1. The SMILES string of the molecule is CCOC(=O)/C=C(\C)Nc1nnc(C)s1. The second-order valence-corrected chi connectivity index (χ2v) is 4.01. The highest BCUT2D eigenvalue weighted by atomic mass is 32.1. The van der Waals surface area contributed by atoms with E-state index in [9.17, 15) is 4.79 Å². The third-order valence-corrected chi connectivity index (χ3v) is 2.21. The molecule has 0 aliphatic carbocycles. The number of ether oxygens (including phenoxy) is 1. The summed E-state index contributed by atoms with van der Waals surface area (Å²) in [6.45, 7) is 5.78. The Balaban J connectivity index is 2.55. The Bertz CT molecular complexity index is 373.